The Morgan fingerprint density at radius 3 is 2.15 bits per heavy atom. The predicted molar refractivity (Wildman–Crippen MR) is 130 cm³/mol. The van der Waals surface area contributed by atoms with E-state index < -0.39 is 32.2 Å². The van der Waals surface area contributed by atoms with Gasteiger partial charge in [0.25, 0.3) is 0 Å². The third-order valence-electron chi connectivity index (χ3n) is 4.16. The van der Waals surface area contributed by atoms with Crippen LogP contribution >= 0.6 is 43.5 Å². The number of sulfonamides is 2. The highest BCUT2D eigenvalue weighted by Gasteiger charge is 2.30. The van der Waals surface area contributed by atoms with E-state index >= 15 is 0 Å². The Hall–Kier alpha value is -1.41. The van der Waals surface area contributed by atoms with Gasteiger partial charge in [0.05, 0.1) is 39.3 Å². The second kappa shape index (κ2) is 10.9. The quantitative estimate of drug-likeness (QED) is 0.374. The summed E-state index contributed by atoms with van der Waals surface area (Å²) in [7, 11) is -7.25. The first-order valence-corrected chi connectivity index (χ1v) is 14.6. The van der Waals surface area contributed by atoms with Crippen LogP contribution in [0.15, 0.2) is 39.3 Å². The number of hydrogen-bond acceptors (Lipinski definition) is 7. The van der Waals surface area contributed by atoms with Gasteiger partial charge in [-0.15, -0.1) is 0 Å². The van der Waals surface area contributed by atoms with Gasteiger partial charge in [-0.1, -0.05) is 23.7 Å². The molecule has 14 heteroatoms. The highest BCUT2D eigenvalue weighted by Crippen LogP contribution is 2.37. The average Bonchev–Trinajstić information content (AvgIpc) is 2.67. The fraction of sp³-hybridized carbons (Fsp3) is 0.316. The normalized spacial score (nSPS) is 12.8. The van der Waals surface area contributed by atoms with Crippen molar-refractivity contribution >= 4 is 75.2 Å². The zero-order valence-corrected chi connectivity index (χ0v) is 23.1. The summed E-state index contributed by atoms with van der Waals surface area (Å²) in [5.41, 5.74) is 0.591. The second-order valence-corrected chi connectivity index (χ2v) is 12.8. The summed E-state index contributed by atoms with van der Waals surface area (Å²) >= 11 is 13.0. The number of hydrogen-bond donors (Lipinski definition) is 0. The molecule has 0 N–H and O–H groups in total. The van der Waals surface area contributed by atoms with Gasteiger partial charge in [0.1, 0.15) is 12.4 Å². The van der Waals surface area contributed by atoms with Crippen LogP contribution in [0.3, 0.4) is 0 Å². The third-order valence-corrected chi connectivity index (χ3v) is 9.00. The van der Waals surface area contributed by atoms with E-state index in [9.17, 15) is 26.0 Å². The molecule has 0 saturated carbocycles. The van der Waals surface area contributed by atoms with Crippen molar-refractivity contribution in [3.8, 4) is 5.75 Å². The molecule has 2 aromatic carbocycles. The van der Waals surface area contributed by atoms with Crippen LogP contribution in [0.4, 0.5) is 10.1 Å². The zero-order valence-electron chi connectivity index (χ0n) is 17.5. The molecule has 1 atom stereocenters. The molecule has 0 saturated heterocycles. The lowest BCUT2D eigenvalue weighted by Crippen LogP contribution is -2.35. The van der Waals surface area contributed by atoms with E-state index in [4.69, 9.17) is 16.3 Å². The van der Waals surface area contributed by atoms with Crippen LogP contribution in [0.1, 0.15) is 11.1 Å². The summed E-state index contributed by atoms with van der Waals surface area (Å²) in [5.74, 6) is -0.647. The fourth-order valence-corrected chi connectivity index (χ4v) is 7.72. The van der Waals surface area contributed by atoms with Crippen molar-refractivity contribution in [1.29, 1.82) is 0 Å². The maximum absolute atomic E-state index is 13.9. The molecule has 0 spiro atoms. The minimum Gasteiger partial charge on any atom is -0.486 e. The summed E-state index contributed by atoms with van der Waals surface area (Å²) in [6.07, 6.45) is -0.517. The number of halogens is 4. The minimum atomic E-state index is -4.18. The number of nitrogens with zero attached hydrogens (tertiary/aromatic N) is 1. The van der Waals surface area contributed by atoms with Crippen molar-refractivity contribution in [3.63, 3.8) is 0 Å². The minimum absolute atomic E-state index is 0.115. The average molecular weight is 652 g/mol. The topological polar surface area (TPSA) is 107 Å². The molecule has 33 heavy (non-hydrogen) atoms. The zero-order chi connectivity index (χ0) is 25.1. The van der Waals surface area contributed by atoms with Crippen molar-refractivity contribution in [3.05, 3.63) is 55.4 Å². The van der Waals surface area contributed by atoms with E-state index in [-0.39, 0.29) is 27.4 Å². The van der Waals surface area contributed by atoms with Crippen molar-refractivity contribution in [2.75, 3.05) is 23.3 Å². The molecule has 0 amide bonds. The SMILES string of the molecule is COC(=O)C(F)Cc1cc(Br)c(OCc2cccc(N(S(C)(=O)=O)S(C)(=O)=O)c2Cl)c(Br)c1. The van der Waals surface area contributed by atoms with E-state index in [1.165, 1.54) is 12.1 Å². The van der Waals surface area contributed by atoms with Gasteiger partial charge in [0.2, 0.25) is 26.2 Å². The molecule has 0 bridgehead atoms. The van der Waals surface area contributed by atoms with Crippen LogP contribution in [0.5, 0.6) is 5.75 Å². The number of alkyl halides is 1. The fourth-order valence-electron chi connectivity index (χ4n) is 2.86. The number of anilines is 1. The number of carbonyl (C=O) groups excluding carboxylic acids is 1. The molecule has 182 valence electrons. The molecule has 0 aliphatic carbocycles. The van der Waals surface area contributed by atoms with Gasteiger partial charge in [-0.2, -0.15) is 3.71 Å². The van der Waals surface area contributed by atoms with Crippen molar-refractivity contribution in [2.24, 2.45) is 0 Å². The molecule has 2 aromatic rings. The standard InChI is InChI=1S/C19H19Br2ClFNO7S2/c1-30-19(25)15(23)9-11-7-13(20)18(14(21)8-11)31-10-12-5-4-6-16(17(12)22)24(32(2,26)27)33(3,28)29/h4-8,15H,9-10H2,1-3H3. The number of carbonyl (C=O) groups is 1. The first-order valence-electron chi connectivity index (χ1n) is 8.97. The van der Waals surface area contributed by atoms with Crippen LogP contribution in [0.2, 0.25) is 5.02 Å². The van der Waals surface area contributed by atoms with Crippen molar-refractivity contribution in [2.45, 2.75) is 19.2 Å². The number of ether oxygens (including phenoxy) is 2. The van der Waals surface area contributed by atoms with Gasteiger partial charge in [-0.25, -0.2) is 26.0 Å². The maximum atomic E-state index is 13.9. The monoisotopic (exact) mass is 649 g/mol. The molecular formula is C19H19Br2ClFNO7S2. The molecule has 2 rings (SSSR count). The lowest BCUT2D eigenvalue weighted by atomic mass is 10.1. The summed E-state index contributed by atoms with van der Waals surface area (Å²) in [6.45, 7) is -0.140. The van der Waals surface area contributed by atoms with Gasteiger partial charge in [-0.3, -0.25) is 0 Å². The third kappa shape index (κ3) is 7.04. The lowest BCUT2D eigenvalue weighted by molar-refractivity contribution is -0.146. The molecule has 8 nitrogen and oxygen atoms in total. The van der Waals surface area contributed by atoms with E-state index in [1.54, 1.807) is 18.2 Å². The van der Waals surface area contributed by atoms with Gasteiger partial charge in [-0.05, 0) is 55.6 Å². The Morgan fingerprint density at radius 1 is 1.12 bits per heavy atom. The Labute approximate surface area is 213 Å². The molecule has 0 aromatic heterocycles. The van der Waals surface area contributed by atoms with E-state index in [0.29, 0.717) is 25.8 Å². The maximum Gasteiger partial charge on any atom is 0.340 e. The predicted octanol–water partition coefficient (Wildman–Crippen LogP) is 4.22. The molecular weight excluding hydrogens is 633 g/mol. The number of esters is 1. The molecule has 0 heterocycles. The Bertz CT molecular complexity index is 1220. The van der Waals surface area contributed by atoms with Gasteiger partial charge < -0.3 is 9.47 Å². The Morgan fingerprint density at radius 2 is 1.67 bits per heavy atom. The summed E-state index contributed by atoms with van der Waals surface area (Å²) in [6, 6.07) is 7.41. The van der Waals surface area contributed by atoms with Crippen molar-refractivity contribution in [1.82, 2.24) is 0 Å². The van der Waals surface area contributed by atoms with Crippen LogP contribution in [-0.4, -0.2) is 48.6 Å². The van der Waals surface area contributed by atoms with Gasteiger partial charge in [0, 0.05) is 12.0 Å². The van der Waals surface area contributed by atoms with E-state index in [1.807, 2.05) is 0 Å². The number of methoxy groups -OCH3 is 1. The van der Waals surface area contributed by atoms with E-state index in [0.717, 1.165) is 19.6 Å². The first kappa shape index (κ1) is 27.8. The lowest BCUT2D eigenvalue weighted by Gasteiger charge is -2.22. The van der Waals surface area contributed by atoms with Crippen molar-refractivity contribution < 1.29 is 35.5 Å². The smallest absolute Gasteiger partial charge is 0.340 e. The largest absolute Gasteiger partial charge is 0.486 e. The first-order chi connectivity index (χ1) is 15.2. The van der Waals surface area contributed by atoms with Crippen LogP contribution in [0, 0.1) is 0 Å². The highest BCUT2D eigenvalue weighted by molar-refractivity contribution is 9.11. The molecule has 0 fully saturated rings. The van der Waals surface area contributed by atoms with Gasteiger partial charge in [0.15, 0.2) is 0 Å². The van der Waals surface area contributed by atoms with Crippen LogP contribution in [0.25, 0.3) is 0 Å². The second-order valence-electron chi connectivity index (χ2n) is 6.85. The van der Waals surface area contributed by atoms with E-state index in [2.05, 4.69) is 36.6 Å². The molecule has 0 radical (unpaired) electrons. The number of rotatable bonds is 9. The Kier molecular flexibility index (Phi) is 9.19. The number of benzene rings is 2. The van der Waals surface area contributed by atoms with Crippen LogP contribution in [-0.2, 0) is 42.6 Å². The highest BCUT2D eigenvalue weighted by atomic mass is 79.9. The summed E-state index contributed by atoms with van der Waals surface area (Å²) in [4.78, 5) is 11.3. The summed E-state index contributed by atoms with van der Waals surface area (Å²) < 4.78 is 73.5. The van der Waals surface area contributed by atoms with Gasteiger partial charge >= 0.3 is 5.97 Å². The molecule has 0 aliphatic heterocycles. The summed E-state index contributed by atoms with van der Waals surface area (Å²) in [5, 5.41) is -0.115. The van der Waals surface area contributed by atoms with Crippen LogP contribution < -0.4 is 8.45 Å². The molecule has 1 unspecified atom stereocenters. The Balaban J connectivity index is 2.32. The molecule has 0 aliphatic rings.